The molecule has 0 aromatic heterocycles. The molecular formula is C19H25F3N2O4. The van der Waals surface area contributed by atoms with Crippen LogP contribution in [0, 0.1) is 0 Å². The van der Waals surface area contributed by atoms with E-state index in [9.17, 15) is 18.0 Å². The van der Waals surface area contributed by atoms with Crippen molar-refractivity contribution in [2.24, 2.45) is 0 Å². The highest BCUT2D eigenvalue weighted by atomic mass is 19.4. The van der Waals surface area contributed by atoms with Crippen molar-refractivity contribution in [1.82, 2.24) is 9.80 Å². The number of aliphatic hydroxyl groups is 1. The number of amides is 1. The third-order valence-electron chi connectivity index (χ3n) is 4.92. The number of hydrogen-bond donors (Lipinski definition) is 1. The highest BCUT2D eigenvalue weighted by Gasteiger charge is 2.35. The van der Waals surface area contributed by atoms with Crippen LogP contribution in [0.1, 0.15) is 30.9 Å². The van der Waals surface area contributed by atoms with Crippen LogP contribution < -0.4 is 9.47 Å². The van der Waals surface area contributed by atoms with E-state index in [1.54, 1.807) is 4.90 Å². The first-order valence-corrected chi connectivity index (χ1v) is 9.46. The Balaban J connectivity index is 1.69. The zero-order valence-electron chi connectivity index (χ0n) is 15.6. The van der Waals surface area contributed by atoms with Crippen LogP contribution in [-0.4, -0.2) is 73.0 Å². The Morgan fingerprint density at radius 1 is 1.25 bits per heavy atom. The molecule has 0 aliphatic carbocycles. The minimum Gasteiger partial charge on any atom is -0.486 e. The highest BCUT2D eigenvalue weighted by Crippen LogP contribution is 2.38. The molecule has 1 N–H and O–H groups in total. The van der Waals surface area contributed by atoms with Gasteiger partial charge in [-0.1, -0.05) is 6.07 Å². The van der Waals surface area contributed by atoms with E-state index in [1.165, 1.54) is 0 Å². The van der Waals surface area contributed by atoms with Crippen LogP contribution in [-0.2, 0) is 4.79 Å². The SMILES string of the molecule is O=C(CN(CCCO)CC(F)(F)F)N1CCCC1c1ccc2c(c1)OCCO2. The summed E-state index contributed by atoms with van der Waals surface area (Å²) < 4.78 is 49.5. The summed E-state index contributed by atoms with van der Waals surface area (Å²) in [6.45, 7) is -0.222. The smallest absolute Gasteiger partial charge is 0.401 e. The number of alkyl halides is 3. The van der Waals surface area contributed by atoms with E-state index in [-0.39, 0.29) is 38.1 Å². The summed E-state index contributed by atoms with van der Waals surface area (Å²) in [7, 11) is 0. The predicted octanol–water partition coefficient (Wildman–Crippen LogP) is 2.37. The van der Waals surface area contributed by atoms with Gasteiger partial charge in [0.15, 0.2) is 11.5 Å². The van der Waals surface area contributed by atoms with Crippen LogP contribution in [0.15, 0.2) is 18.2 Å². The minimum absolute atomic E-state index is 0.0181. The average molecular weight is 402 g/mol. The van der Waals surface area contributed by atoms with Gasteiger partial charge in [0.25, 0.3) is 0 Å². The summed E-state index contributed by atoms with van der Waals surface area (Å²) in [4.78, 5) is 15.5. The molecule has 0 radical (unpaired) electrons. The Morgan fingerprint density at radius 3 is 2.71 bits per heavy atom. The standard InChI is InChI=1S/C19H25F3N2O4/c20-19(21,22)13-23(6-2-8-25)12-18(26)24-7-1-3-15(24)14-4-5-16-17(11-14)28-10-9-27-16/h4-5,11,15,25H,1-3,6-10,12-13H2. The molecule has 156 valence electrons. The maximum Gasteiger partial charge on any atom is 0.401 e. The first-order valence-electron chi connectivity index (χ1n) is 9.46. The number of ether oxygens (including phenoxy) is 2. The molecule has 3 rings (SSSR count). The average Bonchev–Trinajstić information content (AvgIpc) is 3.14. The van der Waals surface area contributed by atoms with Crippen LogP contribution in [0.3, 0.4) is 0 Å². The second kappa shape index (κ2) is 9.00. The number of rotatable bonds is 7. The Bertz CT molecular complexity index is 684. The first-order chi connectivity index (χ1) is 13.4. The summed E-state index contributed by atoms with van der Waals surface area (Å²) in [6, 6.07) is 5.35. The second-order valence-electron chi connectivity index (χ2n) is 7.05. The number of likely N-dealkylation sites (tertiary alicyclic amines) is 1. The fraction of sp³-hybridized carbons (Fsp3) is 0.632. The van der Waals surface area contributed by atoms with Crippen LogP contribution in [0.2, 0.25) is 0 Å². The van der Waals surface area contributed by atoms with Gasteiger partial charge in [0.2, 0.25) is 5.91 Å². The Kier molecular flexibility index (Phi) is 6.66. The van der Waals surface area contributed by atoms with Gasteiger partial charge >= 0.3 is 6.18 Å². The number of aliphatic hydroxyl groups excluding tert-OH is 1. The summed E-state index contributed by atoms with van der Waals surface area (Å²) in [5.41, 5.74) is 0.896. The molecule has 2 heterocycles. The van der Waals surface area contributed by atoms with E-state index in [1.807, 2.05) is 18.2 Å². The van der Waals surface area contributed by atoms with E-state index < -0.39 is 12.7 Å². The number of carbonyl (C=O) groups excluding carboxylic acids is 1. The van der Waals surface area contributed by atoms with E-state index in [0.29, 0.717) is 31.3 Å². The zero-order chi connectivity index (χ0) is 20.1. The van der Waals surface area contributed by atoms with Crippen LogP contribution in [0.25, 0.3) is 0 Å². The Morgan fingerprint density at radius 2 is 2.00 bits per heavy atom. The number of benzene rings is 1. The Hall–Kier alpha value is -2.00. The van der Waals surface area contributed by atoms with E-state index >= 15 is 0 Å². The molecule has 0 bridgehead atoms. The number of hydrogen-bond acceptors (Lipinski definition) is 5. The number of carbonyl (C=O) groups is 1. The predicted molar refractivity (Wildman–Crippen MR) is 95.3 cm³/mol. The van der Waals surface area contributed by atoms with Gasteiger partial charge in [-0.15, -0.1) is 0 Å². The van der Waals surface area contributed by atoms with Gasteiger partial charge in [-0.2, -0.15) is 13.2 Å². The van der Waals surface area contributed by atoms with Crippen LogP contribution in [0.5, 0.6) is 11.5 Å². The third-order valence-corrected chi connectivity index (χ3v) is 4.92. The van der Waals surface area contributed by atoms with Gasteiger partial charge in [-0.05, 0) is 37.0 Å². The molecule has 1 aromatic rings. The largest absolute Gasteiger partial charge is 0.486 e. The van der Waals surface area contributed by atoms with Crippen molar-refractivity contribution in [2.75, 3.05) is 46.0 Å². The third kappa shape index (κ3) is 5.29. The monoisotopic (exact) mass is 402 g/mol. The number of nitrogens with zero attached hydrogens (tertiary/aromatic N) is 2. The molecule has 1 fully saturated rings. The summed E-state index contributed by atoms with van der Waals surface area (Å²) in [5, 5.41) is 8.92. The number of fused-ring (bicyclic) bond motifs is 1. The number of halogens is 3. The fourth-order valence-corrected chi connectivity index (χ4v) is 3.72. The lowest BCUT2D eigenvalue weighted by molar-refractivity contribution is -0.152. The molecule has 1 unspecified atom stereocenters. The molecule has 28 heavy (non-hydrogen) atoms. The Labute approximate surface area is 161 Å². The van der Waals surface area contributed by atoms with Crippen molar-refractivity contribution in [3.05, 3.63) is 23.8 Å². The zero-order valence-corrected chi connectivity index (χ0v) is 15.6. The molecule has 1 aromatic carbocycles. The van der Waals surface area contributed by atoms with Crippen molar-refractivity contribution in [2.45, 2.75) is 31.5 Å². The molecule has 1 atom stereocenters. The summed E-state index contributed by atoms with van der Waals surface area (Å²) >= 11 is 0. The maximum absolute atomic E-state index is 12.8. The van der Waals surface area contributed by atoms with Crippen LogP contribution >= 0.6 is 0 Å². The van der Waals surface area contributed by atoms with E-state index in [4.69, 9.17) is 14.6 Å². The summed E-state index contributed by atoms with van der Waals surface area (Å²) in [5.74, 6) is 0.954. The summed E-state index contributed by atoms with van der Waals surface area (Å²) in [6.07, 6.45) is -2.66. The van der Waals surface area contributed by atoms with E-state index in [0.717, 1.165) is 23.3 Å². The quantitative estimate of drug-likeness (QED) is 0.759. The van der Waals surface area contributed by atoms with Crippen LogP contribution in [0.4, 0.5) is 13.2 Å². The topological polar surface area (TPSA) is 62.2 Å². The lowest BCUT2D eigenvalue weighted by Gasteiger charge is -2.30. The van der Waals surface area contributed by atoms with Crippen molar-refractivity contribution >= 4 is 5.91 Å². The van der Waals surface area contributed by atoms with Gasteiger partial charge in [-0.25, -0.2) is 0 Å². The van der Waals surface area contributed by atoms with Crippen molar-refractivity contribution < 1.29 is 32.5 Å². The fourth-order valence-electron chi connectivity index (χ4n) is 3.72. The van der Waals surface area contributed by atoms with E-state index in [2.05, 4.69) is 0 Å². The first kappa shape index (κ1) is 20.7. The normalized spacial score (nSPS) is 19.3. The maximum atomic E-state index is 12.8. The molecule has 9 heteroatoms. The van der Waals surface area contributed by atoms with Crippen molar-refractivity contribution in [1.29, 1.82) is 0 Å². The lowest BCUT2D eigenvalue weighted by Crippen LogP contribution is -2.44. The van der Waals surface area contributed by atoms with Gasteiger partial charge < -0.3 is 19.5 Å². The van der Waals surface area contributed by atoms with Gasteiger partial charge in [0, 0.05) is 19.7 Å². The molecule has 1 saturated heterocycles. The molecule has 2 aliphatic heterocycles. The molecule has 6 nitrogen and oxygen atoms in total. The molecule has 0 spiro atoms. The highest BCUT2D eigenvalue weighted by molar-refractivity contribution is 5.79. The van der Waals surface area contributed by atoms with Gasteiger partial charge in [0.1, 0.15) is 13.2 Å². The minimum atomic E-state index is -4.39. The second-order valence-corrected chi connectivity index (χ2v) is 7.05. The van der Waals surface area contributed by atoms with Gasteiger partial charge in [0.05, 0.1) is 19.1 Å². The van der Waals surface area contributed by atoms with Gasteiger partial charge in [-0.3, -0.25) is 9.69 Å². The molecule has 0 saturated carbocycles. The lowest BCUT2D eigenvalue weighted by atomic mass is 10.0. The molecule has 1 amide bonds. The van der Waals surface area contributed by atoms with Crippen molar-refractivity contribution in [3.8, 4) is 11.5 Å². The molecular weight excluding hydrogens is 377 g/mol. The molecule has 2 aliphatic rings. The van der Waals surface area contributed by atoms with Crippen molar-refractivity contribution in [3.63, 3.8) is 0 Å².